The van der Waals surface area contributed by atoms with E-state index in [0.29, 0.717) is 11.3 Å². The summed E-state index contributed by atoms with van der Waals surface area (Å²) in [7, 11) is 0. The average Bonchev–Trinajstić information content (AvgIpc) is 2.43. The van der Waals surface area contributed by atoms with Crippen LogP contribution < -0.4 is 5.56 Å². The fraction of sp³-hybridized carbons (Fsp3) is 0.214. The lowest BCUT2D eigenvalue weighted by molar-refractivity contribution is 0.281. The SMILES string of the molecule is CC.O=c1ccc(CO)cn1-c1ccc(F)cc1. The van der Waals surface area contributed by atoms with Crippen LogP contribution in [0.4, 0.5) is 4.39 Å². The van der Waals surface area contributed by atoms with Gasteiger partial charge in [-0.25, -0.2) is 4.39 Å². The molecule has 0 spiro atoms. The number of hydrogen-bond acceptors (Lipinski definition) is 2. The first-order valence-corrected chi connectivity index (χ1v) is 5.79. The van der Waals surface area contributed by atoms with Crippen molar-refractivity contribution in [2.75, 3.05) is 0 Å². The van der Waals surface area contributed by atoms with Gasteiger partial charge >= 0.3 is 0 Å². The maximum atomic E-state index is 12.7. The molecule has 0 fully saturated rings. The van der Waals surface area contributed by atoms with Crippen LogP contribution in [0.2, 0.25) is 0 Å². The first kappa shape index (κ1) is 14.1. The zero-order chi connectivity index (χ0) is 13.5. The van der Waals surface area contributed by atoms with Gasteiger partial charge in [0.05, 0.1) is 6.61 Å². The molecular formula is C14H16FNO2. The van der Waals surface area contributed by atoms with E-state index in [9.17, 15) is 9.18 Å². The highest BCUT2D eigenvalue weighted by atomic mass is 19.1. The summed E-state index contributed by atoms with van der Waals surface area (Å²) in [5.74, 6) is -0.352. The van der Waals surface area contributed by atoms with Gasteiger partial charge in [-0.15, -0.1) is 0 Å². The Morgan fingerprint density at radius 1 is 1.11 bits per heavy atom. The van der Waals surface area contributed by atoms with Crippen molar-refractivity contribution < 1.29 is 9.50 Å². The number of pyridine rings is 1. The second-order valence-corrected chi connectivity index (χ2v) is 3.38. The number of aromatic nitrogens is 1. The molecule has 1 aromatic carbocycles. The van der Waals surface area contributed by atoms with Crippen molar-refractivity contribution in [3.63, 3.8) is 0 Å². The molecule has 2 rings (SSSR count). The van der Waals surface area contributed by atoms with Crippen molar-refractivity contribution in [2.24, 2.45) is 0 Å². The van der Waals surface area contributed by atoms with E-state index in [-0.39, 0.29) is 18.0 Å². The monoisotopic (exact) mass is 249 g/mol. The van der Waals surface area contributed by atoms with E-state index in [0.717, 1.165) is 0 Å². The zero-order valence-corrected chi connectivity index (χ0v) is 10.4. The Morgan fingerprint density at radius 2 is 1.72 bits per heavy atom. The predicted molar refractivity (Wildman–Crippen MR) is 69.3 cm³/mol. The topological polar surface area (TPSA) is 42.2 Å². The number of benzene rings is 1. The molecule has 96 valence electrons. The van der Waals surface area contributed by atoms with E-state index in [4.69, 9.17) is 5.11 Å². The van der Waals surface area contributed by atoms with Crippen LogP contribution in [0.25, 0.3) is 5.69 Å². The minimum atomic E-state index is -0.352. The minimum absolute atomic E-state index is 0.137. The number of halogens is 1. The van der Waals surface area contributed by atoms with Crippen LogP contribution >= 0.6 is 0 Å². The Morgan fingerprint density at radius 3 is 2.28 bits per heavy atom. The van der Waals surface area contributed by atoms with E-state index in [1.165, 1.54) is 41.1 Å². The molecule has 3 nitrogen and oxygen atoms in total. The van der Waals surface area contributed by atoms with Crippen LogP contribution in [0.15, 0.2) is 47.4 Å². The molecule has 1 heterocycles. The van der Waals surface area contributed by atoms with E-state index >= 15 is 0 Å². The summed E-state index contributed by atoms with van der Waals surface area (Å²) in [6.45, 7) is 3.86. The highest BCUT2D eigenvalue weighted by molar-refractivity contribution is 5.33. The van der Waals surface area contributed by atoms with Crippen molar-refractivity contribution in [3.8, 4) is 5.69 Å². The van der Waals surface area contributed by atoms with Gasteiger partial charge in [0, 0.05) is 18.0 Å². The highest BCUT2D eigenvalue weighted by Gasteiger charge is 2.01. The average molecular weight is 249 g/mol. The van der Waals surface area contributed by atoms with E-state index in [1.807, 2.05) is 13.8 Å². The summed E-state index contributed by atoms with van der Waals surface area (Å²) < 4.78 is 14.1. The molecule has 18 heavy (non-hydrogen) atoms. The van der Waals surface area contributed by atoms with Gasteiger partial charge in [0.25, 0.3) is 5.56 Å². The Balaban J connectivity index is 0.000000771. The third kappa shape index (κ3) is 3.28. The largest absolute Gasteiger partial charge is 0.392 e. The predicted octanol–water partition coefficient (Wildman–Crippen LogP) is 2.50. The van der Waals surface area contributed by atoms with Crippen LogP contribution in [-0.2, 0) is 6.61 Å². The molecular weight excluding hydrogens is 233 g/mol. The molecule has 1 aromatic heterocycles. The summed E-state index contributed by atoms with van der Waals surface area (Å²) >= 11 is 0. The molecule has 0 saturated carbocycles. The van der Waals surface area contributed by atoms with Crippen molar-refractivity contribution in [2.45, 2.75) is 20.5 Å². The van der Waals surface area contributed by atoms with Crippen LogP contribution in [0.5, 0.6) is 0 Å². The van der Waals surface area contributed by atoms with Crippen molar-refractivity contribution in [1.82, 2.24) is 4.57 Å². The Labute approximate surface area is 105 Å². The third-order valence-electron chi connectivity index (χ3n) is 2.26. The second kappa shape index (κ2) is 6.71. The van der Waals surface area contributed by atoms with Gasteiger partial charge in [0.1, 0.15) is 5.82 Å². The lowest BCUT2D eigenvalue weighted by atomic mass is 10.2. The first-order valence-electron chi connectivity index (χ1n) is 5.79. The molecule has 2 aromatic rings. The fourth-order valence-corrected chi connectivity index (χ4v) is 1.43. The molecule has 0 amide bonds. The maximum Gasteiger partial charge on any atom is 0.255 e. The molecule has 0 radical (unpaired) electrons. The van der Waals surface area contributed by atoms with Crippen LogP contribution in [0.1, 0.15) is 19.4 Å². The smallest absolute Gasteiger partial charge is 0.255 e. The van der Waals surface area contributed by atoms with Gasteiger partial charge in [0.2, 0.25) is 0 Å². The van der Waals surface area contributed by atoms with Crippen LogP contribution in [-0.4, -0.2) is 9.67 Å². The van der Waals surface area contributed by atoms with E-state index in [1.54, 1.807) is 6.07 Å². The molecule has 0 aliphatic carbocycles. The van der Waals surface area contributed by atoms with E-state index < -0.39 is 0 Å². The molecule has 0 aliphatic rings. The zero-order valence-electron chi connectivity index (χ0n) is 10.4. The second-order valence-electron chi connectivity index (χ2n) is 3.38. The number of aliphatic hydroxyl groups excluding tert-OH is 1. The summed E-state index contributed by atoms with van der Waals surface area (Å²) in [6.07, 6.45) is 1.54. The maximum absolute atomic E-state index is 12.7. The van der Waals surface area contributed by atoms with Crippen molar-refractivity contribution >= 4 is 0 Å². The number of aliphatic hydroxyl groups is 1. The van der Waals surface area contributed by atoms with Gasteiger partial charge in [-0.1, -0.05) is 13.8 Å². The number of nitrogens with zero attached hydrogens (tertiary/aromatic N) is 1. The molecule has 0 saturated heterocycles. The molecule has 4 heteroatoms. The van der Waals surface area contributed by atoms with Gasteiger partial charge in [-0.2, -0.15) is 0 Å². The van der Waals surface area contributed by atoms with Gasteiger partial charge in [-0.3, -0.25) is 9.36 Å². The summed E-state index contributed by atoms with van der Waals surface area (Å²) in [5, 5.41) is 8.97. The molecule has 0 bridgehead atoms. The molecule has 1 N–H and O–H groups in total. The Bertz CT molecular complexity index is 546. The first-order chi connectivity index (χ1) is 8.70. The molecule has 0 atom stereocenters. The quantitative estimate of drug-likeness (QED) is 0.888. The van der Waals surface area contributed by atoms with Crippen molar-refractivity contribution in [3.05, 3.63) is 64.3 Å². The minimum Gasteiger partial charge on any atom is -0.392 e. The van der Waals surface area contributed by atoms with E-state index in [2.05, 4.69) is 0 Å². The van der Waals surface area contributed by atoms with Crippen LogP contribution in [0.3, 0.4) is 0 Å². The Kier molecular flexibility index (Phi) is 5.27. The molecule has 0 aliphatic heterocycles. The summed E-state index contributed by atoms with van der Waals surface area (Å²) in [5.41, 5.74) is 0.981. The number of hydrogen-bond donors (Lipinski definition) is 1. The van der Waals surface area contributed by atoms with Gasteiger partial charge in [0.15, 0.2) is 0 Å². The molecule has 0 unspecified atom stereocenters. The summed E-state index contributed by atoms with van der Waals surface area (Å²) in [6, 6.07) is 8.52. The van der Waals surface area contributed by atoms with Gasteiger partial charge < -0.3 is 5.11 Å². The summed E-state index contributed by atoms with van der Waals surface area (Å²) in [4.78, 5) is 11.6. The number of rotatable bonds is 2. The standard InChI is InChI=1S/C12H10FNO2.C2H6/c13-10-2-4-11(5-3-10)14-7-9(8-15)1-6-12(14)16;1-2/h1-7,15H,8H2;1-2H3. The fourth-order valence-electron chi connectivity index (χ4n) is 1.43. The highest BCUT2D eigenvalue weighted by Crippen LogP contribution is 2.07. The van der Waals surface area contributed by atoms with Crippen molar-refractivity contribution in [1.29, 1.82) is 0 Å². The third-order valence-corrected chi connectivity index (χ3v) is 2.26. The Hall–Kier alpha value is -1.94. The lowest BCUT2D eigenvalue weighted by Crippen LogP contribution is -2.17. The van der Waals surface area contributed by atoms with Gasteiger partial charge in [-0.05, 0) is 35.9 Å². The normalized spacial score (nSPS) is 9.56. The van der Waals surface area contributed by atoms with Crippen LogP contribution in [0, 0.1) is 5.82 Å². The lowest BCUT2D eigenvalue weighted by Gasteiger charge is -2.06.